The van der Waals surface area contributed by atoms with Gasteiger partial charge in [0.2, 0.25) is 0 Å². The van der Waals surface area contributed by atoms with Crippen LogP contribution >= 0.6 is 0 Å². The average molecular weight is 943 g/mol. The first-order valence-electron chi connectivity index (χ1n) is 27.9. The van der Waals surface area contributed by atoms with E-state index in [1.807, 2.05) is 0 Å². The van der Waals surface area contributed by atoms with Gasteiger partial charge in [0.1, 0.15) is 13.2 Å². The highest BCUT2D eigenvalue weighted by Crippen LogP contribution is 2.12. The van der Waals surface area contributed by atoms with Crippen molar-refractivity contribution in [3.05, 3.63) is 109 Å². The smallest absolute Gasteiger partial charge is 0.306 e. The molecule has 0 aromatic carbocycles. The summed E-state index contributed by atoms with van der Waals surface area (Å²) >= 11 is 0. The Hall–Kier alpha value is -3.93. The molecule has 0 aromatic heterocycles. The fraction of sp³-hybridized carbons (Fsp3) is 0.661. The van der Waals surface area contributed by atoms with Crippen LogP contribution in [0.5, 0.6) is 0 Å². The van der Waals surface area contributed by atoms with Crippen molar-refractivity contribution in [3.63, 3.8) is 0 Å². The molecule has 0 rings (SSSR count). The van der Waals surface area contributed by atoms with Crippen LogP contribution in [0.1, 0.15) is 245 Å². The molecule has 0 fully saturated rings. The maximum atomic E-state index is 12.8. The van der Waals surface area contributed by atoms with Gasteiger partial charge in [0.15, 0.2) is 6.10 Å². The second-order valence-electron chi connectivity index (χ2n) is 18.1. The van der Waals surface area contributed by atoms with E-state index in [1.165, 1.54) is 70.6 Å². The van der Waals surface area contributed by atoms with Crippen molar-refractivity contribution in [1.29, 1.82) is 0 Å². The minimum atomic E-state index is -0.811. The minimum Gasteiger partial charge on any atom is -0.462 e. The van der Waals surface area contributed by atoms with Gasteiger partial charge in [0.05, 0.1) is 0 Å². The summed E-state index contributed by atoms with van der Waals surface area (Å²) in [7, 11) is 0. The van der Waals surface area contributed by atoms with Crippen LogP contribution in [0.2, 0.25) is 0 Å². The molecular weight excluding hydrogens is 841 g/mol. The van der Waals surface area contributed by atoms with Gasteiger partial charge in [-0.3, -0.25) is 14.4 Å². The lowest BCUT2D eigenvalue weighted by Gasteiger charge is -2.18. The zero-order valence-corrected chi connectivity index (χ0v) is 44.1. The molecule has 0 saturated carbocycles. The van der Waals surface area contributed by atoms with Crippen molar-refractivity contribution in [2.45, 2.75) is 252 Å². The number of carbonyl (C=O) groups is 3. The van der Waals surface area contributed by atoms with E-state index in [0.29, 0.717) is 12.8 Å². The standard InChI is InChI=1S/C62H102O6/c1-4-7-10-13-16-19-22-25-28-31-34-36-39-42-45-48-51-54-60(63)66-57-59(68-62(65)56-53-50-47-44-41-38-33-30-27-24-21-18-15-12-9-6-3)58-67-61(64)55-52-49-46-43-40-37-35-32-29-26-23-20-17-14-11-8-5-2/h15-20,24-29,33-38,59H,4-14,21-23,30-32,39-58H2,1-3H3/b18-15-,19-16-,20-17-,27-24-,28-25-,29-26-,36-34-,37-35-,38-33-. The second-order valence-corrected chi connectivity index (χ2v) is 18.1. The van der Waals surface area contributed by atoms with Gasteiger partial charge in [-0.25, -0.2) is 0 Å². The van der Waals surface area contributed by atoms with Crippen LogP contribution in [0, 0.1) is 0 Å². The number of esters is 3. The number of rotatable bonds is 49. The van der Waals surface area contributed by atoms with Crippen molar-refractivity contribution in [1.82, 2.24) is 0 Å². The number of carbonyl (C=O) groups excluding carboxylic acids is 3. The molecule has 0 atom stereocenters. The topological polar surface area (TPSA) is 78.9 Å². The third kappa shape index (κ3) is 53.0. The van der Waals surface area contributed by atoms with E-state index >= 15 is 0 Å². The number of hydrogen-bond donors (Lipinski definition) is 0. The molecule has 0 amide bonds. The maximum absolute atomic E-state index is 12.8. The Kier molecular flexibility index (Phi) is 52.4. The Morgan fingerprint density at radius 1 is 0.294 bits per heavy atom. The molecule has 0 radical (unpaired) electrons. The quantitative estimate of drug-likeness (QED) is 0.0262. The van der Waals surface area contributed by atoms with E-state index in [1.54, 1.807) is 0 Å². The van der Waals surface area contributed by atoms with Gasteiger partial charge in [-0.05, 0) is 128 Å². The minimum absolute atomic E-state index is 0.108. The first-order chi connectivity index (χ1) is 33.5. The summed E-state index contributed by atoms with van der Waals surface area (Å²) < 4.78 is 16.8. The molecule has 68 heavy (non-hydrogen) atoms. The number of hydrogen-bond acceptors (Lipinski definition) is 6. The maximum Gasteiger partial charge on any atom is 0.306 e. The number of unbranched alkanes of at least 4 members (excludes halogenated alkanes) is 20. The SMILES string of the molecule is CCCC/C=C\C/C=C\C/C=C\CCCCCCC(=O)OC(COC(=O)CCCCCC/C=C\C/C=C\C/C=C\CCCCC)COC(=O)CCCCCC/C=C\C/C=C\C/C=C\CCCCC. The molecule has 386 valence electrons. The summed E-state index contributed by atoms with van der Waals surface area (Å²) in [6, 6.07) is 0. The van der Waals surface area contributed by atoms with Crippen molar-refractivity contribution in [2.75, 3.05) is 13.2 Å². The van der Waals surface area contributed by atoms with Crippen LogP contribution in [0.4, 0.5) is 0 Å². The average Bonchev–Trinajstić information content (AvgIpc) is 3.34. The molecule has 0 N–H and O–H groups in total. The summed E-state index contributed by atoms with van der Waals surface area (Å²) in [5, 5.41) is 0. The van der Waals surface area contributed by atoms with Crippen LogP contribution in [0.25, 0.3) is 0 Å². The fourth-order valence-electron chi connectivity index (χ4n) is 7.21. The highest BCUT2D eigenvalue weighted by molar-refractivity contribution is 5.71. The molecule has 0 aliphatic carbocycles. The highest BCUT2D eigenvalue weighted by atomic mass is 16.6. The molecule has 6 nitrogen and oxygen atoms in total. The summed E-state index contributed by atoms with van der Waals surface area (Å²) in [4.78, 5) is 38.1. The Morgan fingerprint density at radius 3 is 0.853 bits per heavy atom. The van der Waals surface area contributed by atoms with Gasteiger partial charge in [-0.2, -0.15) is 0 Å². The van der Waals surface area contributed by atoms with Gasteiger partial charge in [-0.1, -0.05) is 207 Å². The van der Waals surface area contributed by atoms with E-state index in [4.69, 9.17) is 14.2 Å². The lowest BCUT2D eigenvalue weighted by atomic mass is 10.1. The molecule has 0 spiro atoms. The first-order valence-corrected chi connectivity index (χ1v) is 27.9. The molecule has 0 aliphatic rings. The molecule has 6 heteroatoms. The van der Waals surface area contributed by atoms with Gasteiger partial charge in [0, 0.05) is 19.3 Å². The van der Waals surface area contributed by atoms with E-state index in [9.17, 15) is 14.4 Å². The van der Waals surface area contributed by atoms with Gasteiger partial charge < -0.3 is 14.2 Å². The van der Waals surface area contributed by atoms with Crippen LogP contribution < -0.4 is 0 Å². The van der Waals surface area contributed by atoms with Crippen molar-refractivity contribution >= 4 is 17.9 Å². The van der Waals surface area contributed by atoms with E-state index < -0.39 is 6.10 Å². The third-order valence-electron chi connectivity index (χ3n) is 11.5. The Labute approximate surface area is 419 Å². The summed E-state index contributed by atoms with van der Waals surface area (Å²) in [5.41, 5.74) is 0. The van der Waals surface area contributed by atoms with E-state index in [2.05, 4.69) is 130 Å². The van der Waals surface area contributed by atoms with Crippen LogP contribution in [0.3, 0.4) is 0 Å². The lowest BCUT2D eigenvalue weighted by Crippen LogP contribution is -2.30. The Balaban J connectivity index is 4.53. The molecule has 0 unspecified atom stereocenters. The normalized spacial score (nSPS) is 12.5. The molecule has 0 heterocycles. The fourth-order valence-corrected chi connectivity index (χ4v) is 7.21. The molecule has 0 aromatic rings. The van der Waals surface area contributed by atoms with Crippen molar-refractivity contribution in [3.8, 4) is 0 Å². The zero-order chi connectivity index (χ0) is 49.3. The van der Waals surface area contributed by atoms with Crippen LogP contribution in [-0.2, 0) is 28.6 Å². The number of allylic oxidation sites excluding steroid dienone is 18. The predicted molar refractivity (Wildman–Crippen MR) is 293 cm³/mol. The molecule has 0 saturated heterocycles. The van der Waals surface area contributed by atoms with E-state index in [-0.39, 0.29) is 37.5 Å². The number of ether oxygens (including phenoxy) is 3. The van der Waals surface area contributed by atoms with Gasteiger partial charge >= 0.3 is 17.9 Å². The summed E-state index contributed by atoms with van der Waals surface area (Å²) in [6.45, 7) is 6.48. The largest absolute Gasteiger partial charge is 0.462 e. The third-order valence-corrected chi connectivity index (χ3v) is 11.5. The second kappa shape index (κ2) is 55.7. The van der Waals surface area contributed by atoms with Crippen LogP contribution in [0.15, 0.2) is 109 Å². The first kappa shape index (κ1) is 64.1. The molecular formula is C62H102O6. The zero-order valence-electron chi connectivity index (χ0n) is 44.1. The molecule has 0 bridgehead atoms. The van der Waals surface area contributed by atoms with Crippen molar-refractivity contribution < 1.29 is 28.6 Å². The summed E-state index contributed by atoms with van der Waals surface area (Å²) in [5.74, 6) is -0.973. The predicted octanol–water partition coefficient (Wildman–Crippen LogP) is 18.7. The highest BCUT2D eigenvalue weighted by Gasteiger charge is 2.19. The molecule has 0 aliphatic heterocycles. The monoisotopic (exact) mass is 943 g/mol. The van der Waals surface area contributed by atoms with Gasteiger partial charge in [0.25, 0.3) is 0 Å². The Bertz CT molecular complexity index is 1340. The lowest BCUT2D eigenvalue weighted by molar-refractivity contribution is -0.167. The van der Waals surface area contributed by atoms with E-state index in [0.717, 1.165) is 135 Å². The summed E-state index contributed by atoms with van der Waals surface area (Å²) in [6.07, 6.45) is 74.9. The van der Waals surface area contributed by atoms with Crippen LogP contribution in [-0.4, -0.2) is 37.2 Å². The van der Waals surface area contributed by atoms with Crippen molar-refractivity contribution in [2.24, 2.45) is 0 Å². The van der Waals surface area contributed by atoms with Gasteiger partial charge in [-0.15, -0.1) is 0 Å². The Morgan fingerprint density at radius 2 is 0.544 bits per heavy atom.